The maximum atomic E-state index is 12.0. The van der Waals surface area contributed by atoms with Crippen molar-refractivity contribution in [3.63, 3.8) is 0 Å². The molecule has 0 amide bonds. The van der Waals surface area contributed by atoms with Crippen LogP contribution >= 0.6 is 0 Å². The van der Waals surface area contributed by atoms with E-state index in [1.54, 1.807) is 6.92 Å². The maximum Gasteiger partial charge on any atom is 0.418 e. The van der Waals surface area contributed by atoms with Crippen molar-refractivity contribution in [2.24, 2.45) is 0 Å². The van der Waals surface area contributed by atoms with Crippen LogP contribution in [0.4, 0.5) is 13.2 Å². The Labute approximate surface area is 67.4 Å². The van der Waals surface area contributed by atoms with Crippen LogP contribution in [-0.2, 0) is 4.79 Å². The van der Waals surface area contributed by atoms with Crippen LogP contribution in [0.3, 0.4) is 0 Å². The molecule has 1 atom stereocenters. The molecule has 66 valence electrons. The molecule has 1 aliphatic rings. The van der Waals surface area contributed by atoms with E-state index in [4.69, 9.17) is 0 Å². The van der Waals surface area contributed by atoms with Gasteiger partial charge in [0.2, 0.25) is 6.04 Å². The summed E-state index contributed by atoms with van der Waals surface area (Å²) >= 11 is 0. The highest BCUT2D eigenvalue weighted by atomic mass is 19.4. The zero-order chi connectivity index (χ0) is 9.35. The third-order valence-corrected chi connectivity index (χ3v) is 1.54. The second kappa shape index (κ2) is 2.80. The molecule has 1 heterocycles. The van der Waals surface area contributed by atoms with Crippen LogP contribution in [0.5, 0.6) is 0 Å². The number of nitrogens with zero attached hydrogens (tertiary/aromatic N) is 1. The minimum absolute atomic E-state index is 0.0253. The summed E-state index contributed by atoms with van der Waals surface area (Å²) in [7, 11) is 0. The van der Waals surface area contributed by atoms with Crippen molar-refractivity contribution in [2.75, 3.05) is 0 Å². The number of rotatable bonds is 1. The molecule has 0 saturated carbocycles. The van der Waals surface area contributed by atoms with Crippen molar-refractivity contribution in [1.82, 2.24) is 5.32 Å². The van der Waals surface area contributed by atoms with Gasteiger partial charge in [-0.25, -0.2) is 0 Å². The summed E-state index contributed by atoms with van der Waals surface area (Å²) < 4.78 is 35.9. The zero-order valence-corrected chi connectivity index (χ0v) is 6.27. The van der Waals surface area contributed by atoms with Gasteiger partial charge >= 0.3 is 6.18 Å². The minimum atomic E-state index is -4.57. The molecule has 0 spiro atoms. The highest BCUT2D eigenvalue weighted by Gasteiger charge is 2.48. The summed E-state index contributed by atoms with van der Waals surface area (Å²) in [6.45, 7) is 1.59. The van der Waals surface area contributed by atoms with Crippen molar-refractivity contribution in [3.05, 3.63) is 11.8 Å². The highest BCUT2D eigenvalue weighted by Crippen LogP contribution is 2.27. The van der Waals surface area contributed by atoms with Gasteiger partial charge in [0.15, 0.2) is 5.78 Å². The molecule has 1 unspecified atom stereocenters. The Bertz CT molecular complexity index is 231. The van der Waals surface area contributed by atoms with E-state index < -0.39 is 18.0 Å². The molecular weight excluding hydrogens is 171 g/mol. The van der Waals surface area contributed by atoms with Crippen LogP contribution in [0.2, 0.25) is 0 Å². The van der Waals surface area contributed by atoms with Gasteiger partial charge in [0, 0.05) is 5.57 Å². The minimum Gasteiger partial charge on any atom is -0.292 e. The molecule has 1 rings (SSSR count). The van der Waals surface area contributed by atoms with E-state index >= 15 is 0 Å². The molecule has 0 aromatic rings. The van der Waals surface area contributed by atoms with Gasteiger partial charge in [-0.3, -0.25) is 10.1 Å². The molecule has 0 bridgehead atoms. The molecular formula is C7H6F3NO. The second-order valence-corrected chi connectivity index (χ2v) is 2.38. The predicted molar refractivity (Wildman–Crippen MR) is 34.0 cm³/mol. The summed E-state index contributed by atoms with van der Waals surface area (Å²) in [6.07, 6.45) is -2.24. The van der Waals surface area contributed by atoms with Crippen LogP contribution in [0.1, 0.15) is 13.3 Å². The Hall–Kier alpha value is -1.00. The fourth-order valence-electron chi connectivity index (χ4n) is 0.896. The number of alkyl halides is 3. The van der Waals surface area contributed by atoms with Crippen LogP contribution < -0.4 is 5.32 Å². The Morgan fingerprint density at radius 2 is 2.17 bits per heavy atom. The fraction of sp³-hybridized carbons (Fsp3) is 0.571. The molecule has 5 heteroatoms. The van der Waals surface area contributed by atoms with Gasteiger partial charge in [0.1, 0.15) is 0 Å². The van der Waals surface area contributed by atoms with E-state index in [0.717, 1.165) is 0 Å². The molecule has 2 radical (unpaired) electrons. The van der Waals surface area contributed by atoms with Gasteiger partial charge in [0.05, 0.1) is 6.20 Å². The molecule has 0 fully saturated rings. The Morgan fingerprint density at radius 3 is 2.42 bits per heavy atom. The number of halogens is 3. The molecule has 2 nitrogen and oxygen atoms in total. The molecule has 12 heavy (non-hydrogen) atoms. The number of hydrogen-bond acceptors (Lipinski definition) is 1. The predicted octanol–water partition coefficient (Wildman–Crippen LogP) is 1.20. The van der Waals surface area contributed by atoms with Crippen molar-refractivity contribution in [3.8, 4) is 0 Å². The first-order valence-electron chi connectivity index (χ1n) is 3.39. The van der Waals surface area contributed by atoms with Crippen LogP contribution in [0.15, 0.2) is 5.57 Å². The first-order chi connectivity index (χ1) is 5.46. The second-order valence-electron chi connectivity index (χ2n) is 2.38. The summed E-state index contributed by atoms with van der Waals surface area (Å²) in [5, 5.41) is 2.98. The van der Waals surface area contributed by atoms with Gasteiger partial charge in [0.25, 0.3) is 0 Å². The third-order valence-electron chi connectivity index (χ3n) is 1.54. The Morgan fingerprint density at radius 1 is 1.58 bits per heavy atom. The molecule has 0 aromatic heterocycles. The van der Waals surface area contributed by atoms with Gasteiger partial charge in [-0.05, 0) is 6.42 Å². The largest absolute Gasteiger partial charge is 0.418 e. The molecule has 1 aliphatic heterocycles. The Balaban J connectivity index is 2.74. The lowest BCUT2D eigenvalue weighted by Crippen LogP contribution is -2.39. The summed E-state index contributed by atoms with van der Waals surface area (Å²) in [4.78, 5) is 10.9. The van der Waals surface area contributed by atoms with Gasteiger partial charge in [-0.1, -0.05) is 6.92 Å². The third kappa shape index (κ3) is 1.44. The summed E-state index contributed by atoms with van der Waals surface area (Å²) in [6, 6.07) is -2.20. The topological polar surface area (TPSA) is 31.2 Å². The fourth-order valence-corrected chi connectivity index (χ4v) is 0.896. The number of hydrogen-bond donors (Lipinski definition) is 0. The van der Waals surface area contributed by atoms with Crippen LogP contribution in [0.25, 0.3) is 0 Å². The SMILES string of the molecule is CCC1=[C][N]C(C(F)(F)F)C1=O. The van der Waals surface area contributed by atoms with E-state index in [-0.39, 0.29) is 12.0 Å². The maximum absolute atomic E-state index is 12.0. The number of carbonyl (C=O) groups is 1. The number of carbonyl (C=O) groups excluding carboxylic acids is 1. The van der Waals surface area contributed by atoms with Crippen molar-refractivity contribution in [1.29, 1.82) is 0 Å². The summed E-state index contributed by atoms with van der Waals surface area (Å²) in [5.74, 6) is -0.968. The Kier molecular flexibility index (Phi) is 2.12. The first-order valence-corrected chi connectivity index (χ1v) is 3.39. The quantitative estimate of drug-likeness (QED) is 0.592. The highest BCUT2D eigenvalue weighted by molar-refractivity contribution is 6.01. The van der Waals surface area contributed by atoms with E-state index in [9.17, 15) is 18.0 Å². The van der Waals surface area contributed by atoms with Gasteiger partial charge in [-0.2, -0.15) is 13.2 Å². The smallest absolute Gasteiger partial charge is 0.292 e. The molecule has 0 N–H and O–H groups in total. The van der Waals surface area contributed by atoms with Crippen LogP contribution in [-0.4, -0.2) is 18.0 Å². The average Bonchev–Trinajstić information content (AvgIpc) is 2.29. The van der Waals surface area contributed by atoms with E-state index in [1.807, 2.05) is 0 Å². The molecule has 0 aromatic carbocycles. The lowest BCUT2D eigenvalue weighted by Gasteiger charge is -2.11. The van der Waals surface area contributed by atoms with E-state index in [1.165, 1.54) is 0 Å². The molecule has 0 aliphatic carbocycles. The van der Waals surface area contributed by atoms with Crippen molar-refractivity contribution >= 4 is 5.78 Å². The average molecular weight is 177 g/mol. The lowest BCUT2D eigenvalue weighted by molar-refractivity contribution is -0.161. The first kappa shape index (κ1) is 9.09. The van der Waals surface area contributed by atoms with E-state index in [2.05, 4.69) is 11.5 Å². The van der Waals surface area contributed by atoms with Gasteiger partial charge in [-0.15, -0.1) is 0 Å². The number of Topliss-reactive ketones (excluding diaryl/α,β-unsaturated/α-hetero) is 1. The molecule has 0 saturated heterocycles. The van der Waals surface area contributed by atoms with Crippen LogP contribution in [0, 0.1) is 6.20 Å². The monoisotopic (exact) mass is 177 g/mol. The lowest BCUT2D eigenvalue weighted by atomic mass is 10.1. The normalized spacial score (nSPS) is 23.8. The standard InChI is InChI=1S/C7H6F3NO/c1-2-4-3-11-6(5(4)12)7(8,9)10/h6H,2H2,1H3. The van der Waals surface area contributed by atoms with E-state index in [0.29, 0.717) is 0 Å². The summed E-state index contributed by atoms with van der Waals surface area (Å²) in [5.41, 5.74) is 0.0253. The zero-order valence-electron chi connectivity index (χ0n) is 6.27. The van der Waals surface area contributed by atoms with Crippen molar-refractivity contribution in [2.45, 2.75) is 25.6 Å². The van der Waals surface area contributed by atoms with Gasteiger partial charge < -0.3 is 0 Å². The number of ketones is 1. The van der Waals surface area contributed by atoms with Crippen molar-refractivity contribution < 1.29 is 18.0 Å².